The molecule has 19 heavy (non-hydrogen) atoms. The van der Waals surface area contributed by atoms with E-state index in [1.807, 2.05) is 7.05 Å². The summed E-state index contributed by atoms with van der Waals surface area (Å²) in [5, 5.41) is 16.0. The SMILES string of the molecule is CC(C)CC1CNC(C)(C)CN1Cc1nnn(C)n1. The molecule has 1 aromatic heterocycles. The lowest BCUT2D eigenvalue weighted by atomic mass is 9.94. The Balaban J connectivity index is 2.06. The highest BCUT2D eigenvalue weighted by atomic mass is 15.6. The molecule has 0 amide bonds. The summed E-state index contributed by atoms with van der Waals surface area (Å²) in [4.78, 5) is 4.02. The Morgan fingerprint density at radius 2 is 2.16 bits per heavy atom. The molecule has 0 spiro atoms. The van der Waals surface area contributed by atoms with E-state index in [0.717, 1.165) is 25.5 Å². The third-order valence-electron chi connectivity index (χ3n) is 3.57. The zero-order valence-electron chi connectivity index (χ0n) is 12.7. The van der Waals surface area contributed by atoms with Crippen LogP contribution in [0.5, 0.6) is 0 Å². The zero-order valence-corrected chi connectivity index (χ0v) is 12.7. The molecule has 1 aliphatic heterocycles. The van der Waals surface area contributed by atoms with Crippen LogP contribution < -0.4 is 5.32 Å². The molecule has 0 aromatic carbocycles. The molecular formula is C13H26N6. The van der Waals surface area contributed by atoms with E-state index >= 15 is 0 Å². The third-order valence-corrected chi connectivity index (χ3v) is 3.57. The summed E-state index contributed by atoms with van der Waals surface area (Å²) in [6, 6.07) is 0.553. The van der Waals surface area contributed by atoms with Crippen molar-refractivity contribution in [2.24, 2.45) is 13.0 Å². The standard InChI is InChI=1S/C13H26N6/c1-10(2)6-11-7-14-13(3,4)9-19(11)8-12-15-17-18(5)16-12/h10-11,14H,6-9H2,1-5H3. The Bertz CT molecular complexity index is 411. The van der Waals surface area contributed by atoms with Crippen molar-refractivity contribution in [3.63, 3.8) is 0 Å². The van der Waals surface area contributed by atoms with Crippen molar-refractivity contribution in [3.8, 4) is 0 Å². The fourth-order valence-electron chi connectivity index (χ4n) is 2.75. The second-order valence-electron chi connectivity index (χ2n) is 6.65. The molecule has 1 fully saturated rings. The normalized spacial score (nSPS) is 24.0. The van der Waals surface area contributed by atoms with Gasteiger partial charge in [0.1, 0.15) is 0 Å². The summed E-state index contributed by atoms with van der Waals surface area (Å²) in [7, 11) is 1.81. The Morgan fingerprint density at radius 3 is 2.74 bits per heavy atom. The molecule has 2 rings (SSSR count). The summed E-state index contributed by atoms with van der Waals surface area (Å²) in [6.45, 7) is 11.9. The maximum Gasteiger partial charge on any atom is 0.188 e. The number of hydrogen-bond donors (Lipinski definition) is 1. The van der Waals surface area contributed by atoms with E-state index < -0.39 is 0 Å². The minimum Gasteiger partial charge on any atom is -0.309 e. The van der Waals surface area contributed by atoms with Gasteiger partial charge in [0.25, 0.3) is 0 Å². The van der Waals surface area contributed by atoms with Crippen molar-refractivity contribution in [3.05, 3.63) is 5.82 Å². The van der Waals surface area contributed by atoms with Crippen molar-refractivity contribution in [1.82, 2.24) is 30.4 Å². The van der Waals surface area contributed by atoms with Gasteiger partial charge in [-0.05, 0) is 31.4 Å². The van der Waals surface area contributed by atoms with E-state index in [0.29, 0.717) is 12.0 Å². The van der Waals surface area contributed by atoms with Crippen LogP contribution in [0.3, 0.4) is 0 Å². The highest BCUT2D eigenvalue weighted by Gasteiger charge is 2.33. The number of nitrogens with one attached hydrogen (secondary N) is 1. The van der Waals surface area contributed by atoms with Crippen LogP contribution in [0.1, 0.15) is 39.9 Å². The number of aromatic nitrogens is 4. The number of nitrogens with zero attached hydrogens (tertiary/aromatic N) is 5. The predicted octanol–water partition coefficient (Wildman–Crippen LogP) is 0.809. The molecule has 6 heteroatoms. The first-order valence-corrected chi connectivity index (χ1v) is 7.08. The lowest BCUT2D eigenvalue weighted by Crippen LogP contribution is -2.61. The molecular weight excluding hydrogens is 240 g/mol. The predicted molar refractivity (Wildman–Crippen MR) is 74.5 cm³/mol. The molecule has 0 saturated carbocycles. The quantitative estimate of drug-likeness (QED) is 0.874. The maximum absolute atomic E-state index is 4.30. The number of piperazine rings is 1. The first-order valence-electron chi connectivity index (χ1n) is 7.08. The molecule has 1 saturated heterocycles. The molecule has 0 bridgehead atoms. The molecule has 108 valence electrons. The van der Waals surface area contributed by atoms with E-state index in [2.05, 4.69) is 53.3 Å². The van der Waals surface area contributed by atoms with Gasteiger partial charge < -0.3 is 5.32 Å². The third kappa shape index (κ3) is 3.98. The van der Waals surface area contributed by atoms with Crippen LogP contribution in [0.15, 0.2) is 0 Å². The molecule has 1 atom stereocenters. The number of tetrazole rings is 1. The topological polar surface area (TPSA) is 58.9 Å². The van der Waals surface area contributed by atoms with Gasteiger partial charge in [0.05, 0.1) is 13.6 Å². The highest BCUT2D eigenvalue weighted by Crippen LogP contribution is 2.21. The van der Waals surface area contributed by atoms with Crippen LogP contribution in [-0.4, -0.2) is 49.8 Å². The molecule has 6 nitrogen and oxygen atoms in total. The smallest absolute Gasteiger partial charge is 0.188 e. The van der Waals surface area contributed by atoms with Gasteiger partial charge in [-0.3, -0.25) is 4.90 Å². The minimum atomic E-state index is 0.149. The summed E-state index contributed by atoms with van der Waals surface area (Å²) in [5.74, 6) is 1.51. The number of rotatable bonds is 4. The van der Waals surface area contributed by atoms with Crippen molar-refractivity contribution < 1.29 is 0 Å². The zero-order chi connectivity index (χ0) is 14.0. The van der Waals surface area contributed by atoms with E-state index in [1.54, 1.807) is 0 Å². The second-order valence-corrected chi connectivity index (χ2v) is 6.65. The Hall–Kier alpha value is -1.01. The van der Waals surface area contributed by atoms with E-state index in [1.165, 1.54) is 11.2 Å². The van der Waals surface area contributed by atoms with Crippen LogP contribution in [-0.2, 0) is 13.6 Å². The summed E-state index contributed by atoms with van der Waals surface area (Å²) >= 11 is 0. The van der Waals surface area contributed by atoms with Gasteiger partial charge >= 0.3 is 0 Å². The molecule has 1 aromatic rings. The van der Waals surface area contributed by atoms with E-state index in [4.69, 9.17) is 0 Å². The first-order chi connectivity index (χ1) is 8.85. The maximum atomic E-state index is 4.30. The van der Waals surface area contributed by atoms with Crippen LogP contribution in [0, 0.1) is 5.92 Å². The molecule has 0 aliphatic carbocycles. The summed E-state index contributed by atoms with van der Waals surface area (Å²) in [5.41, 5.74) is 0.149. The van der Waals surface area contributed by atoms with Gasteiger partial charge in [0.2, 0.25) is 0 Å². The van der Waals surface area contributed by atoms with E-state index in [9.17, 15) is 0 Å². The summed E-state index contributed by atoms with van der Waals surface area (Å²) < 4.78 is 0. The second kappa shape index (κ2) is 5.54. The first kappa shape index (κ1) is 14.4. The van der Waals surface area contributed by atoms with E-state index in [-0.39, 0.29) is 5.54 Å². The monoisotopic (exact) mass is 266 g/mol. The van der Waals surface area contributed by atoms with Gasteiger partial charge in [-0.2, -0.15) is 4.80 Å². The van der Waals surface area contributed by atoms with Crippen molar-refractivity contribution in [1.29, 1.82) is 0 Å². The minimum absolute atomic E-state index is 0.149. The largest absolute Gasteiger partial charge is 0.309 e. The van der Waals surface area contributed by atoms with Gasteiger partial charge in [-0.1, -0.05) is 13.8 Å². The van der Waals surface area contributed by atoms with Crippen molar-refractivity contribution >= 4 is 0 Å². The molecule has 1 unspecified atom stereocenters. The van der Waals surface area contributed by atoms with Crippen LogP contribution in [0.25, 0.3) is 0 Å². The highest BCUT2D eigenvalue weighted by molar-refractivity contribution is 4.94. The van der Waals surface area contributed by atoms with Gasteiger partial charge in [0, 0.05) is 24.7 Å². The van der Waals surface area contributed by atoms with Gasteiger partial charge in [0.15, 0.2) is 5.82 Å². The molecule has 1 aliphatic rings. The van der Waals surface area contributed by atoms with Crippen LogP contribution in [0.4, 0.5) is 0 Å². The number of aryl methyl sites for hydroxylation is 1. The average Bonchev–Trinajstić information content (AvgIpc) is 2.67. The average molecular weight is 266 g/mol. The summed E-state index contributed by atoms with van der Waals surface area (Å²) in [6.07, 6.45) is 1.20. The van der Waals surface area contributed by atoms with Crippen LogP contribution >= 0.6 is 0 Å². The Kier molecular flexibility index (Phi) is 4.20. The Morgan fingerprint density at radius 1 is 1.42 bits per heavy atom. The molecule has 2 heterocycles. The molecule has 1 N–H and O–H groups in total. The number of hydrogen-bond acceptors (Lipinski definition) is 5. The van der Waals surface area contributed by atoms with Crippen molar-refractivity contribution in [2.45, 2.75) is 52.2 Å². The van der Waals surface area contributed by atoms with Crippen LogP contribution in [0.2, 0.25) is 0 Å². The fraction of sp³-hybridized carbons (Fsp3) is 0.923. The lowest BCUT2D eigenvalue weighted by Gasteiger charge is -2.44. The van der Waals surface area contributed by atoms with Crippen molar-refractivity contribution in [2.75, 3.05) is 13.1 Å². The fourth-order valence-corrected chi connectivity index (χ4v) is 2.75. The van der Waals surface area contributed by atoms with Gasteiger partial charge in [-0.15, -0.1) is 10.2 Å². The Labute approximate surface area is 115 Å². The lowest BCUT2D eigenvalue weighted by molar-refractivity contribution is 0.0736. The molecule has 0 radical (unpaired) electrons. The van der Waals surface area contributed by atoms with Gasteiger partial charge in [-0.25, -0.2) is 0 Å².